The van der Waals surface area contributed by atoms with Crippen molar-refractivity contribution in [2.24, 2.45) is 0 Å². The van der Waals surface area contributed by atoms with Crippen molar-refractivity contribution in [3.8, 4) is 0 Å². The van der Waals surface area contributed by atoms with Gasteiger partial charge in [0.2, 0.25) is 0 Å². The average Bonchev–Trinajstić information content (AvgIpc) is 2.75. The number of aryl methyl sites for hydroxylation is 1. The van der Waals surface area contributed by atoms with Crippen molar-refractivity contribution in [1.82, 2.24) is 10.3 Å². The molecule has 0 aliphatic rings. The first-order valence-electron chi connectivity index (χ1n) is 5.20. The standard InChI is InChI=1S/C12H13N3OS/c1-8-14-7-11(17-8)12(16)15-6-9-2-4-10(13)5-3-9/h2-5,7H,6,13H2,1H3,(H,15,16). The van der Waals surface area contributed by atoms with E-state index in [-0.39, 0.29) is 5.91 Å². The first-order chi connectivity index (χ1) is 8.15. The Bertz CT molecular complexity index is 519. The molecule has 0 unspecified atom stereocenters. The van der Waals surface area contributed by atoms with Crippen LogP contribution in [0.4, 0.5) is 5.69 Å². The number of nitrogens with two attached hydrogens (primary N) is 1. The normalized spacial score (nSPS) is 10.2. The molecule has 0 bridgehead atoms. The second kappa shape index (κ2) is 4.97. The van der Waals surface area contributed by atoms with Crippen LogP contribution in [0.15, 0.2) is 30.5 Å². The molecule has 0 aliphatic heterocycles. The molecule has 4 nitrogen and oxygen atoms in total. The second-order valence-electron chi connectivity index (χ2n) is 3.67. The third-order valence-corrected chi connectivity index (χ3v) is 3.19. The molecule has 0 spiro atoms. The molecule has 2 aromatic rings. The van der Waals surface area contributed by atoms with E-state index < -0.39 is 0 Å². The number of anilines is 1. The van der Waals surface area contributed by atoms with Crippen LogP contribution in [0.25, 0.3) is 0 Å². The average molecular weight is 247 g/mol. The fourth-order valence-corrected chi connectivity index (χ4v) is 2.07. The number of thiazole rings is 1. The number of hydrogen-bond donors (Lipinski definition) is 2. The summed E-state index contributed by atoms with van der Waals surface area (Å²) >= 11 is 1.39. The van der Waals surface area contributed by atoms with Crippen LogP contribution in [0.3, 0.4) is 0 Å². The third-order valence-electron chi connectivity index (χ3n) is 2.28. The van der Waals surface area contributed by atoms with Crippen molar-refractivity contribution in [2.45, 2.75) is 13.5 Å². The van der Waals surface area contributed by atoms with E-state index in [2.05, 4.69) is 10.3 Å². The fraction of sp³-hybridized carbons (Fsp3) is 0.167. The molecule has 88 valence electrons. The van der Waals surface area contributed by atoms with Gasteiger partial charge in [-0.1, -0.05) is 12.1 Å². The Morgan fingerprint density at radius 1 is 1.41 bits per heavy atom. The largest absolute Gasteiger partial charge is 0.399 e. The molecule has 1 aromatic heterocycles. The van der Waals surface area contributed by atoms with E-state index in [0.717, 1.165) is 16.3 Å². The molecule has 1 aromatic carbocycles. The minimum absolute atomic E-state index is 0.0903. The lowest BCUT2D eigenvalue weighted by atomic mass is 10.2. The van der Waals surface area contributed by atoms with Crippen LogP contribution in [-0.4, -0.2) is 10.9 Å². The van der Waals surface area contributed by atoms with E-state index in [0.29, 0.717) is 11.4 Å². The van der Waals surface area contributed by atoms with Gasteiger partial charge >= 0.3 is 0 Å². The number of carbonyl (C=O) groups is 1. The number of carbonyl (C=O) groups excluding carboxylic acids is 1. The lowest BCUT2D eigenvalue weighted by Crippen LogP contribution is -2.21. The zero-order valence-electron chi connectivity index (χ0n) is 9.43. The molecule has 1 heterocycles. The van der Waals surface area contributed by atoms with Crippen molar-refractivity contribution < 1.29 is 4.79 Å². The molecule has 3 N–H and O–H groups in total. The summed E-state index contributed by atoms with van der Waals surface area (Å²) in [7, 11) is 0. The Morgan fingerprint density at radius 3 is 2.71 bits per heavy atom. The van der Waals surface area contributed by atoms with Gasteiger partial charge in [0.05, 0.1) is 11.2 Å². The van der Waals surface area contributed by atoms with Gasteiger partial charge in [-0.15, -0.1) is 11.3 Å². The van der Waals surface area contributed by atoms with Crippen molar-refractivity contribution in [2.75, 3.05) is 5.73 Å². The maximum atomic E-state index is 11.7. The van der Waals surface area contributed by atoms with E-state index in [1.54, 1.807) is 6.20 Å². The summed E-state index contributed by atoms with van der Waals surface area (Å²) in [6.45, 7) is 2.37. The topological polar surface area (TPSA) is 68.0 Å². The molecule has 0 atom stereocenters. The number of aromatic nitrogens is 1. The summed E-state index contributed by atoms with van der Waals surface area (Å²) < 4.78 is 0. The highest BCUT2D eigenvalue weighted by molar-refractivity contribution is 7.13. The predicted molar refractivity (Wildman–Crippen MR) is 68.9 cm³/mol. The Hall–Kier alpha value is -1.88. The molecular weight excluding hydrogens is 234 g/mol. The Labute approximate surface area is 103 Å². The third kappa shape index (κ3) is 3.04. The monoisotopic (exact) mass is 247 g/mol. The molecule has 0 aliphatic carbocycles. The van der Waals surface area contributed by atoms with Gasteiger partial charge in [-0.2, -0.15) is 0 Å². The molecule has 2 rings (SSSR count). The lowest BCUT2D eigenvalue weighted by molar-refractivity contribution is 0.0955. The zero-order chi connectivity index (χ0) is 12.3. The summed E-state index contributed by atoms with van der Waals surface area (Å²) in [6.07, 6.45) is 1.60. The van der Waals surface area contributed by atoms with Gasteiger partial charge < -0.3 is 11.1 Å². The van der Waals surface area contributed by atoms with Crippen molar-refractivity contribution in [3.63, 3.8) is 0 Å². The number of hydrogen-bond acceptors (Lipinski definition) is 4. The maximum absolute atomic E-state index is 11.7. The minimum Gasteiger partial charge on any atom is -0.399 e. The molecule has 1 amide bonds. The summed E-state index contributed by atoms with van der Waals surface area (Å²) in [4.78, 5) is 16.4. The first-order valence-corrected chi connectivity index (χ1v) is 6.02. The van der Waals surface area contributed by atoms with Crippen molar-refractivity contribution >= 4 is 22.9 Å². The Morgan fingerprint density at radius 2 is 2.12 bits per heavy atom. The van der Waals surface area contributed by atoms with Gasteiger partial charge in [-0.25, -0.2) is 4.98 Å². The van der Waals surface area contributed by atoms with Crippen LogP contribution < -0.4 is 11.1 Å². The van der Waals surface area contributed by atoms with Crippen LogP contribution in [0.2, 0.25) is 0 Å². The number of benzene rings is 1. The van der Waals surface area contributed by atoms with E-state index in [9.17, 15) is 4.79 Å². The van der Waals surface area contributed by atoms with Crippen molar-refractivity contribution in [1.29, 1.82) is 0 Å². The van der Waals surface area contributed by atoms with Gasteiger partial charge in [0.25, 0.3) is 5.91 Å². The number of amides is 1. The smallest absolute Gasteiger partial charge is 0.263 e. The summed E-state index contributed by atoms with van der Waals surface area (Å²) in [5.41, 5.74) is 7.33. The van der Waals surface area contributed by atoms with Gasteiger partial charge in [-0.3, -0.25) is 4.79 Å². The van der Waals surface area contributed by atoms with Crippen LogP contribution in [0.5, 0.6) is 0 Å². The van der Waals surface area contributed by atoms with E-state index >= 15 is 0 Å². The fourth-order valence-electron chi connectivity index (χ4n) is 1.37. The highest BCUT2D eigenvalue weighted by Crippen LogP contribution is 2.11. The Kier molecular flexibility index (Phi) is 3.39. The summed E-state index contributed by atoms with van der Waals surface area (Å²) in [5.74, 6) is -0.0903. The maximum Gasteiger partial charge on any atom is 0.263 e. The number of nitrogens with one attached hydrogen (secondary N) is 1. The van der Waals surface area contributed by atoms with E-state index in [4.69, 9.17) is 5.73 Å². The van der Waals surface area contributed by atoms with Gasteiger partial charge in [0, 0.05) is 12.2 Å². The summed E-state index contributed by atoms with van der Waals surface area (Å²) in [5, 5.41) is 3.73. The highest BCUT2D eigenvalue weighted by atomic mass is 32.1. The quantitative estimate of drug-likeness (QED) is 0.815. The molecule has 0 fully saturated rings. The van der Waals surface area contributed by atoms with Gasteiger partial charge in [0.1, 0.15) is 4.88 Å². The SMILES string of the molecule is Cc1ncc(C(=O)NCc2ccc(N)cc2)s1. The lowest BCUT2D eigenvalue weighted by Gasteiger charge is -2.03. The minimum atomic E-state index is -0.0903. The van der Waals surface area contributed by atoms with Crippen LogP contribution >= 0.6 is 11.3 Å². The number of nitrogen functional groups attached to an aromatic ring is 1. The van der Waals surface area contributed by atoms with Gasteiger partial charge in [0.15, 0.2) is 0 Å². The second-order valence-corrected chi connectivity index (χ2v) is 4.90. The van der Waals surface area contributed by atoms with E-state index in [1.807, 2.05) is 31.2 Å². The molecular formula is C12H13N3OS. The number of rotatable bonds is 3. The molecule has 0 saturated carbocycles. The van der Waals surface area contributed by atoms with Crippen molar-refractivity contribution in [3.05, 3.63) is 45.9 Å². The van der Waals surface area contributed by atoms with Crippen LogP contribution in [0.1, 0.15) is 20.2 Å². The molecule has 0 saturated heterocycles. The Balaban J connectivity index is 1.94. The molecule has 0 radical (unpaired) electrons. The summed E-state index contributed by atoms with van der Waals surface area (Å²) in [6, 6.07) is 7.43. The molecule has 5 heteroatoms. The molecule has 17 heavy (non-hydrogen) atoms. The zero-order valence-corrected chi connectivity index (χ0v) is 10.3. The van der Waals surface area contributed by atoms with Crippen LogP contribution in [0, 0.1) is 6.92 Å². The van der Waals surface area contributed by atoms with Crippen LogP contribution in [-0.2, 0) is 6.54 Å². The van der Waals surface area contributed by atoms with Gasteiger partial charge in [-0.05, 0) is 24.6 Å². The predicted octanol–water partition coefficient (Wildman–Crippen LogP) is 1.96. The van der Waals surface area contributed by atoms with E-state index in [1.165, 1.54) is 11.3 Å². The highest BCUT2D eigenvalue weighted by Gasteiger charge is 2.08. The number of nitrogens with zero attached hydrogens (tertiary/aromatic N) is 1. The first kappa shape index (κ1) is 11.6.